The number of aliphatic imine (C=N–C) groups is 2. The fraction of sp³-hybridized carbons (Fsp3) is 0.273. The number of anilines is 1. The standard InChI is InChI=1S/C11H14ClN5/c1-7-14-10(13)16-11(15-7)17(2)9-5-3-8(12)4-6-9/h3-7H,1-2H3,(H3,13,14,15,16). The zero-order chi connectivity index (χ0) is 12.4. The van der Waals surface area contributed by atoms with Gasteiger partial charge < -0.3 is 10.6 Å². The lowest BCUT2D eigenvalue weighted by atomic mass is 10.3. The maximum absolute atomic E-state index is 5.84. The predicted molar refractivity (Wildman–Crippen MR) is 71.5 cm³/mol. The topological polar surface area (TPSA) is 66.0 Å². The molecule has 3 N–H and O–H groups in total. The van der Waals surface area contributed by atoms with Crippen LogP contribution in [0, 0.1) is 0 Å². The molecular weight excluding hydrogens is 238 g/mol. The first-order valence-corrected chi connectivity index (χ1v) is 5.61. The van der Waals surface area contributed by atoms with Crippen molar-refractivity contribution in [1.29, 1.82) is 0 Å². The highest BCUT2D eigenvalue weighted by Crippen LogP contribution is 2.17. The molecule has 1 aromatic rings. The average Bonchev–Trinajstić information content (AvgIpc) is 2.28. The van der Waals surface area contributed by atoms with Gasteiger partial charge in [0.05, 0.1) is 0 Å². The van der Waals surface area contributed by atoms with Gasteiger partial charge >= 0.3 is 0 Å². The third kappa shape index (κ3) is 2.68. The molecule has 1 unspecified atom stereocenters. The Morgan fingerprint density at radius 2 is 1.94 bits per heavy atom. The van der Waals surface area contributed by atoms with Crippen LogP contribution in [0.3, 0.4) is 0 Å². The summed E-state index contributed by atoms with van der Waals surface area (Å²) in [7, 11) is 1.90. The van der Waals surface area contributed by atoms with Crippen molar-refractivity contribution in [2.75, 3.05) is 11.9 Å². The first-order chi connectivity index (χ1) is 8.06. The molecule has 6 heteroatoms. The summed E-state index contributed by atoms with van der Waals surface area (Å²) in [5, 5.41) is 3.63. The summed E-state index contributed by atoms with van der Waals surface area (Å²) < 4.78 is 0. The molecule has 1 aliphatic heterocycles. The minimum Gasteiger partial charge on any atom is -0.370 e. The third-order valence-electron chi connectivity index (χ3n) is 2.41. The van der Waals surface area contributed by atoms with Crippen LogP contribution in [-0.2, 0) is 0 Å². The molecule has 0 amide bonds. The van der Waals surface area contributed by atoms with E-state index in [2.05, 4.69) is 15.3 Å². The van der Waals surface area contributed by atoms with E-state index in [0.717, 1.165) is 5.69 Å². The highest BCUT2D eigenvalue weighted by molar-refractivity contribution is 6.30. The third-order valence-corrected chi connectivity index (χ3v) is 2.66. The zero-order valence-electron chi connectivity index (χ0n) is 9.68. The Kier molecular flexibility index (Phi) is 3.19. The largest absolute Gasteiger partial charge is 0.370 e. The van der Waals surface area contributed by atoms with Crippen molar-refractivity contribution in [3.05, 3.63) is 29.3 Å². The lowest BCUT2D eigenvalue weighted by molar-refractivity contribution is 0.760. The molecule has 1 aliphatic rings. The van der Waals surface area contributed by atoms with Gasteiger partial charge in [0.25, 0.3) is 0 Å². The molecule has 0 radical (unpaired) electrons. The molecule has 0 aliphatic carbocycles. The van der Waals surface area contributed by atoms with Gasteiger partial charge in [-0.05, 0) is 31.2 Å². The fourth-order valence-corrected chi connectivity index (χ4v) is 1.67. The van der Waals surface area contributed by atoms with Crippen LogP contribution < -0.4 is 16.0 Å². The molecule has 0 bridgehead atoms. The van der Waals surface area contributed by atoms with Crippen LogP contribution in [0.2, 0.25) is 5.02 Å². The summed E-state index contributed by atoms with van der Waals surface area (Å²) in [5.41, 5.74) is 6.64. The van der Waals surface area contributed by atoms with E-state index in [1.807, 2.05) is 43.1 Å². The summed E-state index contributed by atoms with van der Waals surface area (Å²) >= 11 is 5.84. The Morgan fingerprint density at radius 3 is 2.53 bits per heavy atom. The number of rotatable bonds is 1. The summed E-state index contributed by atoms with van der Waals surface area (Å²) in [6.07, 6.45) is -0.166. The van der Waals surface area contributed by atoms with E-state index in [1.165, 1.54) is 0 Å². The molecular formula is C11H14ClN5. The number of nitrogens with one attached hydrogen (secondary N) is 1. The first kappa shape index (κ1) is 11.7. The van der Waals surface area contributed by atoms with Crippen molar-refractivity contribution in [2.24, 2.45) is 15.7 Å². The van der Waals surface area contributed by atoms with Crippen LogP contribution >= 0.6 is 11.6 Å². The van der Waals surface area contributed by atoms with Gasteiger partial charge in [0.1, 0.15) is 6.17 Å². The van der Waals surface area contributed by atoms with E-state index in [9.17, 15) is 0 Å². The van der Waals surface area contributed by atoms with Gasteiger partial charge in [-0.25, -0.2) is 9.98 Å². The predicted octanol–water partition coefficient (Wildman–Crippen LogP) is 1.40. The second kappa shape index (κ2) is 4.63. The van der Waals surface area contributed by atoms with E-state index in [1.54, 1.807) is 0 Å². The molecule has 0 aromatic heterocycles. The number of halogens is 1. The smallest absolute Gasteiger partial charge is 0.207 e. The van der Waals surface area contributed by atoms with Gasteiger partial charge in [0.15, 0.2) is 5.96 Å². The normalized spacial score (nSPS) is 19.1. The Morgan fingerprint density at radius 1 is 1.29 bits per heavy atom. The van der Waals surface area contributed by atoms with Gasteiger partial charge in [0.2, 0.25) is 5.96 Å². The Bertz CT molecular complexity index is 465. The summed E-state index contributed by atoms with van der Waals surface area (Å²) in [6, 6.07) is 7.49. The van der Waals surface area contributed by atoms with Crippen molar-refractivity contribution in [1.82, 2.24) is 5.32 Å². The minimum absolute atomic E-state index is 0.166. The summed E-state index contributed by atoms with van der Waals surface area (Å²) in [5.74, 6) is 1.05. The highest BCUT2D eigenvalue weighted by Gasteiger charge is 2.15. The Hall–Kier alpha value is -1.75. The second-order valence-electron chi connectivity index (χ2n) is 3.76. The van der Waals surface area contributed by atoms with Crippen molar-refractivity contribution in [3.8, 4) is 0 Å². The molecule has 0 saturated carbocycles. The van der Waals surface area contributed by atoms with Crippen LogP contribution in [0.25, 0.3) is 0 Å². The van der Waals surface area contributed by atoms with Gasteiger partial charge in [-0.15, -0.1) is 0 Å². The van der Waals surface area contributed by atoms with E-state index < -0.39 is 0 Å². The number of hydrogen-bond acceptors (Lipinski definition) is 5. The van der Waals surface area contributed by atoms with E-state index in [0.29, 0.717) is 16.9 Å². The summed E-state index contributed by atoms with van der Waals surface area (Å²) in [4.78, 5) is 10.3. The van der Waals surface area contributed by atoms with Crippen LogP contribution in [0.15, 0.2) is 34.3 Å². The van der Waals surface area contributed by atoms with Crippen LogP contribution in [0.1, 0.15) is 6.92 Å². The SMILES string of the molecule is CC1N=C(N)NC(N(C)c2ccc(Cl)cc2)=N1. The van der Waals surface area contributed by atoms with Crippen LogP contribution in [-0.4, -0.2) is 25.1 Å². The number of nitrogens with zero attached hydrogens (tertiary/aromatic N) is 3. The molecule has 5 nitrogen and oxygen atoms in total. The highest BCUT2D eigenvalue weighted by atomic mass is 35.5. The molecule has 17 heavy (non-hydrogen) atoms. The zero-order valence-corrected chi connectivity index (χ0v) is 10.4. The summed E-state index contributed by atoms with van der Waals surface area (Å²) in [6.45, 7) is 1.88. The number of guanidine groups is 2. The maximum atomic E-state index is 5.84. The lowest BCUT2D eigenvalue weighted by Crippen LogP contribution is -2.48. The molecule has 1 atom stereocenters. The van der Waals surface area contributed by atoms with Gasteiger partial charge in [-0.2, -0.15) is 0 Å². The number of hydrogen-bond donors (Lipinski definition) is 2. The maximum Gasteiger partial charge on any atom is 0.207 e. The van der Waals surface area contributed by atoms with E-state index in [-0.39, 0.29) is 6.17 Å². The molecule has 0 saturated heterocycles. The van der Waals surface area contributed by atoms with Crippen molar-refractivity contribution < 1.29 is 0 Å². The van der Waals surface area contributed by atoms with Crippen LogP contribution in [0.4, 0.5) is 5.69 Å². The van der Waals surface area contributed by atoms with Gasteiger partial charge in [0, 0.05) is 17.8 Å². The molecule has 2 rings (SSSR count). The van der Waals surface area contributed by atoms with Gasteiger partial charge in [-0.3, -0.25) is 5.32 Å². The Balaban J connectivity index is 2.21. The molecule has 1 aromatic carbocycles. The van der Waals surface area contributed by atoms with E-state index in [4.69, 9.17) is 17.3 Å². The second-order valence-corrected chi connectivity index (χ2v) is 4.20. The van der Waals surface area contributed by atoms with E-state index >= 15 is 0 Å². The molecule has 0 spiro atoms. The van der Waals surface area contributed by atoms with Crippen LogP contribution in [0.5, 0.6) is 0 Å². The lowest BCUT2D eigenvalue weighted by Gasteiger charge is -2.25. The first-order valence-electron chi connectivity index (χ1n) is 5.23. The molecule has 0 fully saturated rings. The minimum atomic E-state index is -0.166. The Labute approximate surface area is 105 Å². The molecule has 90 valence electrons. The number of nitrogens with two attached hydrogens (primary N) is 1. The number of benzene rings is 1. The van der Waals surface area contributed by atoms with Crippen molar-refractivity contribution >= 4 is 29.2 Å². The van der Waals surface area contributed by atoms with Crippen molar-refractivity contribution in [3.63, 3.8) is 0 Å². The van der Waals surface area contributed by atoms with Gasteiger partial charge in [-0.1, -0.05) is 11.6 Å². The quantitative estimate of drug-likeness (QED) is 0.793. The fourth-order valence-electron chi connectivity index (χ4n) is 1.54. The monoisotopic (exact) mass is 251 g/mol. The average molecular weight is 252 g/mol. The molecule has 1 heterocycles. The van der Waals surface area contributed by atoms with Crippen molar-refractivity contribution in [2.45, 2.75) is 13.1 Å².